The molecular weight excluding hydrogens is 392 g/mol. The topological polar surface area (TPSA) is 96.9 Å². The van der Waals surface area contributed by atoms with E-state index < -0.39 is 11.7 Å². The molecule has 0 saturated heterocycles. The van der Waals surface area contributed by atoms with Crippen molar-refractivity contribution in [1.82, 2.24) is 24.8 Å². The predicted molar refractivity (Wildman–Crippen MR) is 123 cm³/mol. The van der Waals surface area contributed by atoms with Gasteiger partial charge < -0.3 is 24.9 Å². The molecule has 0 aliphatic heterocycles. The van der Waals surface area contributed by atoms with Gasteiger partial charge in [0.15, 0.2) is 5.82 Å². The number of amides is 1. The molecule has 8 nitrogen and oxygen atoms in total. The Kier molecular flexibility index (Phi) is 5.08. The van der Waals surface area contributed by atoms with Crippen molar-refractivity contribution in [3.05, 3.63) is 42.2 Å². The molecule has 0 fully saturated rings. The van der Waals surface area contributed by atoms with Crippen LogP contribution in [0.5, 0.6) is 0 Å². The maximum atomic E-state index is 12.1. The summed E-state index contributed by atoms with van der Waals surface area (Å²) < 4.78 is 7.37. The molecule has 0 radical (unpaired) electrons. The quantitative estimate of drug-likeness (QED) is 0.443. The standard InChI is InChI=1S/C23H28N6O2/c1-13(26-22(30)31-23(2,3)4)14-8-7-9-15(10-14)17-11-16-19-18(25-12-29(19)6)21(24-5)28-20(16)27-17/h7-13H,1-6H3,(H,26,30)(H2,24,27,28). The second-order valence-electron chi connectivity index (χ2n) is 8.70. The highest BCUT2D eigenvalue weighted by Crippen LogP contribution is 2.32. The van der Waals surface area contributed by atoms with Gasteiger partial charge in [-0.3, -0.25) is 0 Å². The summed E-state index contributed by atoms with van der Waals surface area (Å²) in [6, 6.07) is 9.97. The van der Waals surface area contributed by atoms with E-state index in [-0.39, 0.29) is 6.04 Å². The lowest BCUT2D eigenvalue weighted by atomic mass is 10.0. The van der Waals surface area contributed by atoms with Crippen molar-refractivity contribution in [2.75, 3.05) is 12.4 Å². The van der Waals surface area contributed by atoms with E-state index in [9.17, 15) is 4.79 Å². The van der Waals surface area contributed by atoms with Crippen LogP contribution in [-0.2, 0) is 11.8 Å². The number of carbonyl (C=O) groups is 1. The number of carbonyl (C=O) groups excluding carboxylic acids is 1. The van der Waals surface area contributed by atoms with Gasteiger partial charge in [0.2, 0.25) is 0 Å². The summed E-state index contributed by atoms with van der Waals surface area (Å²) in [5.74, 6) is 0.737. The summed E-state index contributed by atoms with van der Waals surface area (Å²) in [6.45, 7) is 7.48. The van der Waals surface area contributed by atoms with Crippen LogP contribution in [-0.4, -0.2) is 38.3 Å². The number of fused-ring (bicyclic) bond motifs is 3. The summed E-state index contributed by atoms with van der Waals surface area (Å²) in [6.07, 6.45) is 1.36. The van der Waals surface area contributed by atoms with E-state index in [1.165, 1.54) is 0 Å². The van der Waals surface area contributed by atoms with Crippen molar-refractivity contribution < 1.29 is 9.53 Å². The molecule has 1 atom stereocenters. The second-order valence-corrected chi connectivity index (χ2v) is 8.70. The second kappa shape index (κ2) is 7.61. The highest BCUT2D eigenvalue weighted by Gasteiger charge is 2.19. The zero-order valence-corrected chi connectivity index (χ0v) is 18.7. The van der Waals surface area contributed by atoms with Gasteiger partial charge >= 0.3 is 6.09 Å². The van der Waals surface area contributed by atoms with E-state index in [1.807, 2.05) is 64.6 Å². The number of aromatic nitrogens is 4. The fourth-order valence-electron chi connectivity index (χ4n) is 3.67. The molecule has 0 spiro atoms. The molecule has 1 amide bonds. The minimum Gasteiger partial charge on any atom is -0.444 e. The average Bonchev–Trinajstić information content (AvgIpc) is 3.29. The van der Waals surface area contributed by atoms with E-state index in [4.69, 9.17) is 9.72 Å². The Bertz CT molecular complexity index is 1260. The van der Waals surface area contributed by atoms with Crippen LogP contribution in [0, 0.1) is 0 Å². The number of ether oxygens (including phenoxy) is 1. The van der Waals surface area contributed by atoms with Crippen LogP contribution in [0.1, 0.15) is 39.3 Å². The van der Waals surface area contributed by atoms with Gasteiger partial charge in [0.25, 0.3) is 0 Å². The Balaban J connectivity index is 1.68. The van der Waals surface area contributed by atoms with Crippen molar-refractivity contribution in [2.45, 2.75) is 39.3 Å². The first-order valence-electron chi connectivity index (χ1n) is 10.3. The van der Waals surface area contributed by atoms with E-state index >= 15 is 0 Å². The first-order valence-corrected chi connectivity index (χ1v) is 10.3. The molecule has 3 N–H and O–H groups in total. The molecule has 1 unspecified atom stereocenters. The third-order valence-corrected chi connectivity index (χ3v) is 5.10. The number of pyridine rings is 1. The molecule has 3 aromatic heterocycles. The van der Waals surface area contributed by atoms with Crippen LogP contribution in [0.4, 0.5) is 10.6 Å². The third kappa shape index (κ3) is 4.05. The molecule has 0 saturated carbocycles. The zero-order valence-electron chi connectivity index (χ0n) is 18.7. The van der Waals surface area contributed by atoms with Crippen molar-refractivity contribution in [2.24, 2.45) is 7.05 Å². The molecule has 0 aliphatic carbocycles. The van der Waals surface area contributed by atoms with Crippen LogP contribution in [0.25, 0.3) is 33.3 Å². The lowest BCUT2D eigenvalue weighted by Gasteiger charge is -2.22. The van der Waals surface area contributed by atoms with Crippen molar-refractivity contribution in [3.8, 4) is 11.3 Å². The summed E-state index contributed by atoms with van der Waals surface area (Å²) in [4.78, 5) is 24.8. The SMILES string of the molecule is CNc1nc2[nH]c(-c3cccc(C(C)NC(=O)OC(C)(C)C)c3)cc2c2c1ncn2C. The number of H-pyrrole nitrogens is 1. The Morgan fingerprint density at radius 3 is 2.74 bits per heavy atom. The monoisotopic (exact) mass is 420 g/mol. The number of anilines is 1. The number of aromatic amines is 1. The number of imidazole rings is 1. The molecule has 4 rings (SSSR count). The van der Waals surface area contributed by atoms with Gasteiger partial charge in [-0.2, -0.15) is 0 Å². The lowest BCUT2D eigenvalue weighted by molar-refractivity contribution is 0.0508. The van der Waals surface area contributed by atoms with Crippen LogP contribution >= 0.6 is 0 Å². The first kappa shape index (κ1) is 20.7. The highest BCUT2D eigenvalue weighted by atomic mass is 16.6. The number of hydrogen-bond donors (Lipinski definition) is 3. The van der Waals surface area contributed by atoms with Gasteiger partial charge in [0.05, 0.1) is 17.9 Å². The number of alkyl carbamates (subject to hydrolysis) is 1. The molecule has 1 aromatic carbocycles. The smallest absolute Gasteiger partial charge is 0.408 e. The molecule has 8 heteroatoms. The Morgan fingerprint density at radius 1 is 1.26 bits per heavy atom. The Hall–Kier alpha value is -3.55. The largest absolute Gasteiger partial charge is 0.444 e. The zero-order chi connectivity index (χ0) is 22.3. The van der Waals surface area contributed by atoms with Crippen LogP contribution < -0.4 is 10.6 Å². The van der Waals surface area contributed by atoms with Gasteiger partial charge in [-0.25, -0.2) is 14.8 Å². The van der Waals surface area contributed by atoms with Crippen molar-refractivity contribution in [1.29, 1.82) is 0 Å². The Labute approximate surface area is 181 Å². The van der Waals surface area contributed by atoms with E-state index in [2.05, 4.69) is 32.7 Å². The van der Waals surface area contributed by atoms with E-state index in [0.29, 0.717) is 0 Å². The maximum Gasteiger partial charge on any atom is 0.408 e. The summed E-state index contributed by atoms with van der Waals surface area (Å²) >= 11 is 0. The van der Waals surface area contributed by atoms with Crippen LogP contribution in [0.2, 0.25) is 0 Å². The molecule has 3 heterocycles. The summed E-state index contributed by atoms with van der Waals surface area (Å²) in [5, 5.41) is 7.03. The van der Waals surface area contributed by atoms with Gasteiger partial charge in [-0.05, 0) is 51.0 Å². The molecule has 162 valence electrons. The fourth-order valence-corrected chi connectivity index (χ4v) is 3.67. The summed E-state index contributed by atoms with van der Waals surface area (Å²) in [7, 11) is 3.82. The lowest BCUT2D eigenvalue weighted by Crippen LogP contribution is -2.34. The Morgan fingerprint density at radius 2 is 2.03 bits per heavy atom. The predicted octanol–water partition coefficient (Wildman–Crippen LogP) is 4.74. The van der Waals surface area contributed by atoms with Gasteiger partial charge in [-0.1, -0.05) is 18.2 Å². The van der Waals surface area contributed by atoms with E-state index in [1.54, 1.807) is 6.33 Å². The maximum absolute atomic E-state index is 12.1. The van der Waals surface area contributed by atoms with E-state index in [0.717, 1.165) is 44.7 Å². The molecule has 31 heavy (non-hydrogen) atoms. The molecule has 0 bridgehead atoms. The molecular formula is C23H28N6O2. The minimum absolute atomic E-state index is 0.197. The number of rotatable bonds is 4. The van der Waals surface area contributed by atoms with Crippen molar-refractivity contribution in [3.63, 3.8) is 0 Å². The highest BCUT2D eigenvalue weighted by molar-refractivity contribution is 6.07. The van der Waals surface area contributed by atoms with Gasteiger partial charge in [0, 0.05) is 25.2 Å². The number of hydrogen-bond acceptors (Lipinski definition) is 5. The van der Waals surface area contributed by atoms with Crippen LogP contribution in [0.3, 0.4) is 0 Å². The number of aryl methyl sites for hydroxylation is 1. The molecule has 0 aliphatic rings. The average molecular weight is 421 g/mol. The summed E-state index contributed by atoms with van der Waals surface area (Å²) in [5.41, 5.74) is 5.06. The third-order valence-electron chi connectivity index (χ3n) is 5.10. The fraction of sp³-hybridized carbons (Fsp3) is 0.348. The van der Waals surface area contributed by atoms with Crippen molar-refractivity contribution >= 4 is 34.0 Å². The normalized spacial score (nSPS) is 12.8. The minimum atomic E-state index is -0.535. The van der Waals surface area contributed by atoms with Gasteiger partial charge in [-0.15, -0.1) is 0 Å². The van der Waals surface area contributed by atoms with Crippen LogP contribution in [0.15, 0.2) is 36.7 Å². The number of benzene rings is 1. The van der Waals surface area contributed by atoms with Gasteiger partial charge in [0.1, 0.15) is 16.8 Å². The first-order chi connectivity index (χ1) is 14.7. The molecule has 4 aromatic rings. The number of nitrogens with one attached hydrogen (secondary N) is 3. The number of nitrogens with zero attached hydrogens (tertiary/aromatic N) is 3.